The second-order valence-corrected chi connectivity index (χ2v) is 5.89. The zero-order valence-electron chi connectivity index (χ0n) is 13.0. The van der Waals surface area contributed by atoms with Gasteiger partial charge in [-0.3, -0.25) is 0 Å². The molecule has 4 nitrogen and oxygen atoms in total. The number of nitrogens with one attached hydrogen (secondary N) is 1. The molecule has 4 heteroatoms. The number of ether oxygens (including phenoxy) is 1. The van der Waals surface area contributed by atoms with E-state index in [0.717, 1.165) is 49.6 Å². The molecule has 20 heavy (non-hydrogen) atoms. The van der Waals surface area contributed by atoms with Crippen molar-refractivity contribution in [1.29, 1.82) is 0 Å². The molecule has 2 rings (SSSR count). The third-order valence-electron chi connectivity index (χ3n) is 3.68. The van der Waals surface area contributed by atoms with Crippen molar-refractivity contribution in [3.05, 3.63) is 17.7 Å². The van der Waals surface area contributed by atoms with E-state index in [2.05, 4.69) is 36.1 Å². The van der Waals surface area contributed by atoms with Gasteiger partial charge in [0.25, 0.3) is 0 Å². The lowest BCUT2D eigenvalue weighted by atomic mass is 10.2. The summed E-state index contributed by atoms with van der Waals surface area (Å²) in [7, 11) is 0. The fourth-order valence-corrected chi connectivity index (χ4v) is 2.49. The van der Waals surface area contributed by atoms with Crippen molar-refractivity contribution in [2.45, 2.75) is 71.4 Å². The van der Waals surface area contributed by atoms with Crippen molar-refractivity contribution >= 4 is 0 Å². The second kappa shape index (κ2) is 7.58. The summed E-state index contributed by atoms with van der Waals surface area (Å²) in [6.45, 7) is 8.18. The van der Waals surface area contributed by atoms with Crippen molar-refractivity contribution in [3.8, 4) is 5.75 Å². The fourth-order valence-electron chi connectivity index (χ4n) is 2.49. The van der Waals surface area contributed by atoms with Gasteiger partial charge in [0.05, 0.1) is 18.0 Å². The second-order valence-electron chi connectivity index (χ2n) is 5.89. The Morgan fingerprint density at radius 3 is 2.75 bits per heavy atom. The molecule has 0 bridgehead atoms. The molecule has 0 aromatic carbocycles. The van der Waals surface area contributed by atoms with Crippen LogP contribution in [-0.4, -0.2) is 22.6 Å². The van der Waals surface area contributed by atoms with E-state index in [1.807, 2.05) is 6.20 Å². The summed E-state index contributed by atoms with van der Waals surface area (Å²) < 4.78 is 6.11. The predicted molar refractivity (Wildman–Crippen MR) is 81.0 cm³/mol. The molecule has 0 atom stereocenters. The average molecular weight is 277 g/mol. The zero-order chi connectivity index (χ0) is 14.4. The molecule has 1 aliphatic carbocycles. The minimum absolute atomic E-state index is 0.348. The monoisotopic (exact) mass is 277 g/mol. The van der Waals surface area contributed by atoms with Gasteiger partial charge in [-0.15, -0.1) is 0 Å². The summed E-state index contributed by atoms with van der Waals surface area (Å²) >= 11 is 0. The van der Waals surface area contributed by atoms with Crippen LogP contribution < -0.4 is 10.1 Å². The van der Waals surface area contributed by atoms with Crippen LogP contribution in [0.2, 0.25) is 0 Å². The Bertz CT molecular complexity index is 414. The molecule has 1 aliphatic rings. The van der Waals surface area contributed by atoms with Crippen LogP contribution in [-0.2, 0) is 6.54 Å². The van der Waals surface area contributed by atoms with E-state index in [0.29, 0.717) is 12.0 Å². The first-order valence-corrected chi connectivity index (χ1v) is 7.94. The van der Waals surface area contributed by atoms with Crippen LogP contribution in [0.15, 0.2) is 6.20 Å². The number of hydrogen-bond donors (Lipinski definition) is 1. The lowest BCUT2D eigenvalue weighted by Gasteiger charge is -2.17. The maximum Gasteiger partial charge on any atom is 0.160 e. The fraction of sp³-hybridized carbons (Fsp3) is 0.750. The van der Waals surface area contributed by atoms with Crippen LogP contribution in [0.25, 0.3) is 0 Å². The van der Waals surface area contributed by atoms with E-state index in [4.69, 9.17) is 4.74 Å². The third-order valence-corrected chi connectivity index (χ3v) is 3.68. The summed E-state index contributed by atoms with van der Waals surface area (Å²) in [6.07, 6.45) is 8.22. The minimum Gasteiger partial charge on any atom is -0.487 e. The number of hydrogen-bond acceptors (Lipinski definition) is 4. The summed E-state index contributed by atoms with van der Waals surface area (Å²) in [5, 5.41) is 3.41. The molecule has 1 N–H and O–H groups in total. The van der Waals surface area contributed by atoms with Crippen LogP contribution in [0.1, 0.15) is 70.3 Å². The third kappa shape index (κ3) is 4.17. The van der Waals surface area contributed by atoms with Gasteiger partial charge in [0.2, 0.25) is 0 Å². The smallest absolute Gasteiger partial charge is 0.160 e. The molecule has 1 heterocycles. The SMILES string of the molecule is CCCNCc1nc(C(C)C)ncc1OC1CCCC1. The maximum absolute atomic E-state index is 6.11. The average Bonchev–Trinajstić information content (AvgIpc) is 2.93. The Kier molecular flexibility index (Phi) is 5.77. The summed E-state index contributed by atoms with van der Waals surface area (Å²) in [6, 6.07) is 0. The van der Waals surface area contributed by atoms with Gasteiger partial charge in [-0.2, -0.15) is 0 Å². The Labute approximate surface area is 122 Å². The molecule has 0 unspecified atom stereocenters. The first-order chi connectivity index (χ1) is 9.70. The summed E-state index contributed by atoms with van der Waals surface area (Å²) in [5.74, 6) is 2.11. The van der Waals surface area contributed by atoms with Gasteiger partial charge in [0.15, 0.2) is 5.75 Å². The van der Waals surface area contributed by atoms with E-state index in [1.165, 1.54) is 12.8 Å². The van der Waals surface area contributed by atoms with E-state index in [-0.39, 0.29) is 0 Å². The van der Waals surface area contributed by atoms with Gasteiger partial charge >= 0.3 is 0 Å². The van der Waals surface area contributed by atoms with Crippen LogP contribution in [0.3, 0.4) is 0 Å². The highest BCUT2D eigenvalue weighted by atomic mass is 16.5. The van der Waals surface area contributed by atoms with Crippen molar-refractivity contribution in [3.63, 3.8) is 0 Å². The van der Waals surface area contributed by atoms with Crippen molar-refractivity contribution in [2.24, 2.45) is 0 Å². The first-order valence-electron chi connectivity index (χ1n) is 7.94. The van der Waals surface area contributed by atoms with Gasteiger partial charge in [-0.1, -0.05) is 20.8 Å². The van der Waals surface area contributed by atoms with E-state index < -0.39 is 0 Å². The lowest BCUT2D eigenvalue weighted by Crippen LogP contribution is -2.19. The summed E-state index contributed by atoms with van der Waals surface area (Å²) in [5.41, 5.74) is 1.00. The largest absolute Gasteiger partial charge is 0.487 e. The number of aromatic nitrogens is 2. The topological polar surface area (TPSA) is 47.0 Å². The van der Waals surface area contributed by atoms with E-state index in [9.17, 15) is 0 Å². The molecule has 0 spiro atoms. The highest BCUT2D eigenvalue weighted by molar-refractivity contribution is 5.25. The number of nitrogens with zero attached hydrogens (tertiary/aromatic N) is 2. The molecular formula is C16H27N3O. The van der Waals surface area contributed by atoms with Gasteiger partial charge in [-0.05, 0) is 38.6 Å². The quantitative estimate of drug-likeness (QED) is 0.776. The molecule has 112 valence electrons. The molecule has 0 aliphatic heterocycles. The standard InChI is InChI=1S/C16H27N3O/c1-4-9-17-10-14-15(20-13-7-5-6-8-13)11-18-16(19-14)12(2)3/h11-13,17H,4-10H2,1-3H3. The highest BCUT2D eigenvalue weighted by Crippen LogP contribution is 2.26. The van der Waals surface area contributed by atoms with Crippen LogP contribution in [0.5, 0.6) is 5.75 Å². The van der Waals surface area contributed by atoms with Crippen LogP contribution in [0, 0.1) is 0 Å². The molecule has 1 fully saturated rings. The zero-order valence-corrected chi connectivity index (χ0v) is 13.0. The Hall–Kier alpha value is -1.16. The van der Waals surface area contributed by atoms with Crippen LogP contribution in [0.4, 0.5) is 0 Å². The minimum atomic E-state index is 0.348. The highest BCUT2D eigenvalue weighted by Gasteiger charge is 2.19. The molecule has 0 amide bonds. The molecule has 1 aromatic heterocycles. The van der Waals surface area contributed by atoms with Crippen molar-refractivity contribution in [2.75, 3.05) is 6.54 Å². The summed E-state index contributed by atoms with van der Waals surface area (Å²) in [4.78, 5) is 9.13. The molecule has 0 radical (unpaired) electrons. The molecule has 0 saturated heterocycles. The van der Waals surface area contributed by atoms with Gasteiger partial charge < -0.3 is 10.1 Å². The molecule has 1 aromatic rings. The normalized spacial score (nSPS) is 16.0. The predicted octanol–water partition coefficient (Wildman–Crippen LogP) is 3.42. The number of rotatable bonds is 7. The Morgan fingerprint density at radius 2 is 2.10 bits per heavy atom. The van der Waals surface area contributed by atoms with Crippen LogP contribution >= 0.6 is 0 Å². The molecule has 1 saturated carbocycles. The Balaban J connectivity index is 2.10. The van der Waals surface area contributed by atoms with Crippen molar-refractivity contribution in [1.82, 2.24) is 15.3 Å². The lowest BCUT2D eigenvalue weighted by molar-refractivity contribution is 0.205. The van der Waals surface area contributed by atoms with Gasteiger partial charge in [-0.25, -0.2) is 9.97 Å². The van der Waals surface area contributed by atoms with Gasteiger partial charge in [0, 0.05) is 12.5 Å². The maximum atomic E-state index is 6.11. The first kappa shape index (κ1) is 15.2. The van der Waals surface area contributed by atoms with E-state index in [1.54, 1.807) is 0 Å². The Morgan fingerprint density at radius 1 is 1.35 bits per heavy atom. The van der Waals surface area contributed by atoms with Gasteiger partial charge in [0.1, 0.15) is 5.82 Å². The van der Waals surface area contributed by atoms with Crippen molar-refractivity contribution < 1.29 is 4.74 Å². The van der Waals surface area contributed by atoms with E-state index >= 15 is 0 Å². The molecular weight excluding hydrogens is 250 g/mol.